The zero-order valence-electron chi connectivity index (χ0n) is 55.2. The predicted molar refractivity (Wildman–Crippen MR) is 377 cm³/mol. The number of hydrogen-bond acceptors (Lipinski definition) is 0. The summed E-state index contributed by atoms with van der Waals surface area (Å²) < 4.78 is 0. The van der Waals surface area contributed by atoms with Crippen LogP contribution < -0.4 is 0 Å². The second kappa shape index (κ2) is 23.7. The van der Waals surface area contributed by atoms with E-state index in [4.69, 9.17) is 0 Å². The summed E-state index contributed by atoms with van der Waals surface area (Å²) in [5, 5.41) is 5.91. The molecule has 0 aliphatic carbocycles. The van der Waals surface area contributed by atoms with Crippen molar-refractivity contribution < 1.29 is 0 Å². The Morgan fingerprint density at radius 1 is 0.182 bits per heavy atom. The fourth-order valence-corrected chi connectivity index (χ4v) is 10.9. The van der Waals surface area contributed by atoms with E-state index in [0.29, 0.717) is 0 Å². The molecule has 0 saturated heterocycles. The molecular formula is C88H82. The Bertz CT molecular complexity index is 4380. The maximum absolute atomic E-state index is 3.78. The molecule has 0 amide bonds. The average Bonchev–Trinajstić information content (AvgIpc) is 0.715. The highest BCUT2D eigenvalue weighted by molar-refractivity contribution is 6.28. The van der Waals surface area contributed by atoms with Crippen molar-refractivity contribution in [2.75, 3.05) is 0 Å². The van der Waals surface area contributed by atoms with Crippen LogP contribution in [0.1, 0.15) is 225 Å². The van der Waals surface area contributed by atoms with Gasteiger partial charge in [0.1, 0.15) is 0 Å². The molecule has 88 heavy (non-hydrogen) atoms. The van der Waals surface area contributed by atoms with E-state index in [9.17, 15) is 0 Å². The lowest BCUT2D eigenvalue weighted by Crippen LogP contribution is -2.10. The minimum absolute atomic E-state index is 0.00109. The van der Waals surface area contributed by atoms with E-state index in [-0.39, 0.29) is 32.5 Å². The van der Waals surface area contributed by atoms with Crippen LogP contribution in [0.4, 0.5) is 0 Å². The molecule has 0 fully saturated rings. The van der Waals surface area contributed by atoms with E-state index in [1.165, 1.54) is 33.4 Å². The summed E-state index contributed by atoms with van der Waals surface area (Å²) in [6, 6.07) is 61.0. The van der Waals surface area contributed by atoms with Crippen LogP contribution in [0, 0.1) is 71.0 Å². The highest BCUT2D eigenvalue weighted by Crippen LogP contribution is 2.43. The van der Waals surface area contributed by atoms with Gasteiger partial charge in [-0.15, -0.1) is 0 Å². The monoisotopic (exact) mass is 1140 g/mol. The number of benzene rings is 10. The molecular weight excluding hydrogens is 1060 g/mol. The van der Waals surface area contributed by atoms with Gasteiger partial charge in [0, 0.05) is 88.3 Å². The molecule has 0 N–H and O–H groups in total. The molecule has 0 aliphatic rings. The van der Waals surface area contributed by atoms with E-state index < -0.39 is 0 Å². The molecule has 0 saturated carbocycles. The van der Waals surface area contributed by atoms with Gasteiger partial charge in [-0.1, -0.05) is 268 Å². The van der Waals surface area contributed by atoms with Crippen molar-refractivity contribution in [3.8, 4) is 71.0 Å². The van der Waals surface area contributed by atoms with Crippen LogP contribution in [0.15, 0.2) is 170 Å². The third kappa shape index (κ3) is 14.0. The van der Waals surface area contributed by atoms with Crippen LogP contribution in [-0.4, -0.2) is 0 Å². The molecule has 434 valence electrons. The first-order valence-electron chi connectivity index (χ1n) is 31.0. The Morgan fingerprint density at radius 3 is 0.545 bits per heavy atom. The summed E-state index contributed by atoms with van der Waals surface area (Å²) in [4.78, 5) is 0. The van der Waals surface area contributed by atoms with E-state index >= 15 is 0 Å². The van der Waals surface area contributed by atoms with Gasteiger partial charge in [0.2, 0.25) is 0 Å². The SMILES string of the molecule is CC(C)(C)c1ccc(C#Cc2cc3c(C#Cc4ccc(C(C)(C)C)cc4)cc4c(C#Cc5ccc(C(C)(C)C)cc5)c(C#Cc5ccc(C(C)(C)C)cc5)cc5c(C#Cc6ccc(C(C)(C)C)cc6)cc(c2C#Cc2ccc(C(C)(C)C)cc2)c3c54)cc1. The first kappa shape index (κ1) is 61.7. The zero-order chi connectivity index (χ0) is 63.1. The van der Waals surface area contributed by atoms with Gasteiger partial charge in [-0.25, -0.2) is 0 Å². The van der Waals surface area contributed by atoms with E-state index in [2.05, 4.69) is 366 Å². The molecule has 0 unspecified atom stereocenters. The molecule has 10 rings (SSSR count). The van der Waals surface area contributed by atoms with Gasteiger partial charge in [0.25, 0.3) is 0 Å². The van der Waals surface area contributed by atoms with Crippen molar-refractivity contribution in [3.63, 3.8) is 0 Å². The van der Waals surface area contributed by atoms with Crippen LogP contribution in [0.3, 0.4) is 0 Å². The van der Waals surface area contributed by atoms with Gasteiger partial charge >= 0.3 is 0 Å². The van der Waals surface area contributed by atoms with Crippen LogP contribution >= 0.6 is 0 Å². The molecule has 10 aromatic rings. The first-order valence-corrected chi connectivity index (χ1v) is 31.0. The smallest absolute Gasteiger partial charge is 0.0485 e. The van der Waals surface area contributed by atoms with E-state index in [1.54, 1.807) is 0 Å². The summed E-state index contributed by atoms with van der Waals surface area (Å²) in [7, 11) is 0. The summed E-state index contributed by atoms with van der Waals surface area (Å²) >= 11 is 0. The number of rotatable bonds is 0. The van der Waals surface area contributed by atoms with Crippen LogP contribution in [0.5, 0.6) is 0 Å². The van der Waals surface area contributed by atoms with Crippen LogP contribution in [-0.2, 0) is 32.5 Å². The Hall–Kier alpha value is -9.40. The van der Waals surface area contributed by atoms with Crippen molar-refractivity contribution in [3.05, 3.63) is 270 Å². The number of hydrogen-bond donors (Lipinski definition) is 0. The molecule has 0 radical (unpaired) electrons. The summed E-state index contributed by atoms with van der Waals surface area (Å²) in [5.74, 6) is 44.2. The van der Waals surface area contributed by atoms with Crippen molar-refractivity contribution in [1.29, 1.82) is 0 Å². The molecule has 10 aromatic carbocycles. The van der Waals surface area contributed by atoms with Gasteiger partial charge in [0.15, 0.2) is 0 Å². The Kier molecular flexibility index (Phi) is 16.6. The highest BCUT2D eigenvalue weighted by atomic mass is 14.3. The maximum Gasteiger partial charge on any atom is 0.0485 e. The van der Waals surface area contributed by atoms with Gasteiger partial charge in [-0.2, -0.15) is 0 Å². The average molecular weight is 1140 g/mol. The third-order valence-electron chi connectivity index (χ3n) is 16.7. The Morgan fingerprint density at radius 2 is 0.352 bits per heavy atom. The van der Waals surface area contributed by atoms with E-state index in [1.807, 2.05) is 0 Å². The predicted octanol–water partition coefficient (Wildman–Crippen LogP) is 20.8. The summed E-state index contributed by atoms with van der Waals surface area (Å²) in [6.45, 7) is 40.3. The Balaban J connectivity index is 1.36. The van der Waals surface area contributed by atoms with Crippen LogP contribution in [0.25, 0.3) is 32.3 Å². The van der Waals surface area contributed by atoms with Crippen molar-refractivity contribution in [2.24, 2.45) is 0 Å². The normalized spacial score (nSPS) is 11.9. The molecule has 0 aliphatic heterocycles. The minimum Gasteiger partial charge on any atom is -0.0616 e. The van der Waals surface area contributed by atoms with Gasteiger partial charge in [-0.05, 0) is 174 Å². The largest absolute Gasteiger partial charge is 0.0616 e. The second-order valence-electron chi connectivity index (χ2n) is 29.9. The highest BCUT2D eigenvalue weighted by Gasteiger charge is 2.23. The lowest BCUT2D eigenvalue weighted by Gasteiger charge is -2.19. The van der Waals surface area contributed by atoms with Crippen molar-refractivity contribution >= 4 is 32.3 Å². The zero-order valence-corrected chi connectivity index (χ0v) is 55.2. The fraction of sp³-hybridized carbons (Fsp3) is 0.273. The minimum atomic E-state index is -0.00230. The van der Waals surface area contributed by atoms with E-state index in [0.717, 1.165) is 99.1 Å². The second-order valence-corrected chi connectivity index (χ2v) is 29.9. The third-order valence-corrected chi connectivity index (χ3v) is 16.7. The fourth-order valence-electron chi connectivity index (χ4n) is 10.9. The summed E-state index contributed by atoms with van der Waals surface area (Å²) in [5.41, 5.74) is 18.0. The summed E-state index contributed by atoms with van der Waals surface area (Å²) in [6.07, 6.45) is 0. The topological polar surface area (TPSA) is 0 Å². The molecule has 0 bridgehead atoms. The lowest BCUT2D eigenvalue weighted by molar-refractivity contribution is 0.590. The van der Waals surface area contributed by atoms with Gasteiger partial charge < -0.3 is 0 Å². The molecule has 0 heteroatoms. The quantitative estimate of drug-likeness (QED) is 0.105. The molecule has 0 atom stereocenters. The van der Waals surface area contributed by atoms with Gasteiger partial charge in [0.05, 0.1) is 0 Å². The van der Waals surface area contributed by atoms with Crippen molar-refractivity contribution in [1.82, 2.24) is 0 Å². The maximum atomic E-state index is 3.78. The molecule has 0 nitrogen and oxygen atoms in total. The molecule has 0 aromatic heterocycles. The van der Waals surface area contributed by atoms with Gasteiger partial charge in [-0.3, -0.25) is 0 Å². The van der Waals surface area contributed by atoms with Crippen LogP contribution in [0.2, 0.25) is 0 Å². The first-order chi connectivity index (χ1) is 41.4. The van der Waals surface area contributed by atoms with Crippen molar-refractivity contribution in [2.45, 2.75) is 157 Å². The molecule has 0 spiro atoms. The Labute approximate surface area is 527 Å². The standard InChI is InChI=1S/C88H82/c1-83(2,3)69-41-23-59(24-42-69)19-37-65-55-77-67(39-21-61-27-45-71(46-28-61)85(7,8)9)58-80-76(54-36-64-33-51-74(52-34-64)88(16,17)18)66(38-20-60-25-43-70(44-26-60)84(4,5)6)56-78-68(40-22-62-29-47-72(48-30-62)86(10,11)12)57-79(81(77)82(78)80)75(65)53-35-63-31-49-73(50-32-63)87(13,14)15/h23-34,41-52,55-58H,1-18H3. The molecule has 0 heterocycles. The lowest BCUT2D eigenvalue weighted by atomic mass is 9.82.